The summed E-state index contributed by atoms with van der Waals surface area (Å²) in [4.78, 5) is 20.4. The number of nitrogens with zero attached hydrogens (tertiary/aromatic N) is 2. The molecule has 1 aliphatic rings. The highest BCUT2D eigenvalue weighted by molar-refractivity contribution is 5.84. The van der Waals surface area contributed by atoms with Crippen LogP contribution in [0, 0.1) is 0 Å². The van der Waals surface area contributed by atoms with Gasteiger partial charge >= 0.3 is 0 Å². The molecule has 1 unspecified atom stereocenters. The van der Waals surface area contributed by atoms with Crippen molar-refractivity contribution in [3.05, 3.63) is 11.9 Å². The first-order chi connectivity index (χ1) is 9.08. The molecule has 6 nitrogen and oxygen atoms in total. The van der Waals surface area contributed by atoms with Crippen molar-refractivity contribution in [1.82, 2.24) is 15.3 Å². The van der Waals surface area contributed by atoms with Crippen molar-refractivity contribution in [1.29, 1.82) is 0 Å². The summed E-state index contributed by atoms with van der Waals surface area (Å²) in [6.45, 7) is 3.88. The van der Waals surface area contributed by atoms with E-state index in [9.17, 15) is 4.79 Å². The molecular formula is C13H21N5O. The number of aryl methyl sites for hydroxylation is 1. The third kappa shape index (κ3) is 4.08. The number of nitrogens with one attached hydrogen (secondary N) is 2. The molecule has 0 radical (unpaired) electrons. The van der Waals surface area contributed by atoms with Gasteiger partial charge in [-0.25, -0.2) is 9.97 Å². The predicted molar refractivity (Wildman–Crippen MR) is 74.7 cm³/mol. The molecule has 0 bridgehead atoms. The molecule has 6 heteroatoms. The van der Waals surface area contributed by atoms with Gasteiger partial charge in [0.2, 0.25) is 5.91 Å². The van der Waals surface area contributed by atoms with Crippen LogP contribution in [-0.2, 0) is 11.2 Å². The van der Waals surface area contributed by atoms with E-state index >= 15 is 0 Å². The molecule has 0 spiro atoms. The fourth-order valence-corrected chi connectivity index (χ4v) is 1.77. The lowest BCUT2D eigenvalue weighted by atomic mass is 10.3. The molecule has 0 aliphatic heterocycles. The van der Waals surface area contributed by atoms with Crippen LogP contribution in [0.4, 0.5) is 11.6 Å². The van der Waals surface area contributed by atoms with Gasteiger partial charge in [-0.1, -0.05) is 6.92 Å². The van der Waals surface area contributed by atoms with Gasteiger partial charge < -0.3 is 16.4 Å². The van der Waals surface area contributed by atoms with E-state index in [-0.39, 0.29) is 11.9 Å². The Hall–Kier alpha value is -1.85. The summed E-state index contributed by atoms with van der Waals surface area (Å²) >= 11 is 0. The summed E-state index contributed by atoms with van der Waals surface area (Å²) in [6.07, 6.45) is 3.90. The van der Waals surface area contributed by atoms with Gasteiger partial charge in [-0.2, -0.15) is 0 Å². The van der Waals surface area contributed by atoms with Gasteiger partial charge in [-0.3, -0.25) is 4.79 Å². The van der Waals surface area contributed by atoms with Crippen molar-refractivity contribution >= 4 is 17.5 Å². The first kappa shape index (κ1) is 13.6. The first-order valence-electron chi connectivity index (χ1n) is 6.79. The van der Waals surface area contributed by atoms with Crippen molar-refractivity contribution in [3.63, 3.8) is 0 Å². The number of hydrogen-bond acceptors (Lipinski definition) is 5. The normalized spacial score (nSPS) is 15.9. The highest BCUT2D eigenvalue weighted by Crippen LogP contribution is 2.19. The highest BCUT2D eigenvalue weighted by atomic mass is 16.2. The molecule has 104 valence electrons. The molecule has 2 rings (SSSR count). The van der Waals surface area contributed by atoms with Crippen LogP contribution in [0.1, 0.15) is 38.9 Å². The van der Waals surface area contributed by atoms with Crippen molar-refractivity contribution in [2.45, 2.75) is 51.6 Å². The second-order valence-corrected chi connectivity index (χ2v) is 4.99. The van der Waals surface area contributed by atoms with Crippen molar-refractivity contribution in [3.8, 4) is 0 Å². The number of nitrogen functional groups attached to an aromatic ring is 1. The van der Waals surface area contributed by atoms with E-state index in [0.717, 1.165) is 25.7 Å². The van der Waals surface area contributed by atoms with Crippen LogP contribution in [0.2, 0.25) is 0 Å². The van der Waals surface area contributed by atoms with Crippen LogP contribution in [0.25, 0.3) is 0 Å². The largest absolute Gasteiger partial charge is 0.384 e. The summed E-state index contributed by atoms with van der Waals surface area (Å²) in [5.74, 6) is 1.74. The lowest BCUT2D eigenvalue weighted by Crippen LogP contribution is -2.38. The van der Waals surface area contributed by atoms with Crippen molar-refractivity contribution in [2.75, 3.05) is 11.1 Å². The van der Waals surface area contributed by atoms with E-state index < -0.39 is 0 Å². The van der Waals surface area contributed by atoms with Crippen LogP contribution >= 0.6 is 0 Å². The molecule has 1 atom stereocenters. The van der Waals surface area contributed by atoms with E-state index in [0.29, 0.717) is 23.5 Å². The summed E-state index contributed by atoms with van der Waals surface area (Å²) in [5, 5.41) is 6.02. The maximum Gasteiger partial charge on any atom is 0.242 e. The van der Waals surface area contributed by atoms with Crippen molar-refractivity contribution in [2.24, 2.45) is 0 Å². The van der Waals surface area contributed by atoms with Crippen LogP contribution < -0.4 is 16.4 Å². The smallest absolute Gasteiger partial charge is 0.242 e. The zero-order valence-electron chi connectivity index (χ0n) is 11.4. The molecule has 0 aromatic carbocycles. The van der Waals surface area contributed by atoms with Gasteiger partial charge in [0.25, 0.3) is 0 Å². The lowest BCUT2D eigenvalue weighted by Gasteiger charge is -2.15. The van der Waals surface area contributed by atoms with Crippen LogP contribution in [0.5, 0.6) is 0 Å². The van der Waals surface area contributed by atoms with E-state index in [1.807, 2.05) is 6.92 Å². The Morgan fingerprint density at radius 2 is 2.26 bits per heavy atom. The number of rotatable bonds is 6. The number of amides is 1. The standard InChI is InChI=1S/C13H21N5O/c1-3-4-11-17-10(14)7-12(18-11)15-8(2)13(19)16-9-5-6-9/h7-9H,3-6H2,1-2H3,(H,16,19)(H3,14,15,17,18). The third-order valence-corrected chi connectivity index (χ3v) is 2.95. The fourth-order valence-electron chi connectivity index (χ4n) is 1.77. The Morgan fingerprint density at radius 1 is 1.53 bits per heavy atom. The molecule has 1 heterocycles. The maximum absolute atomic E-state index is 11.8. The van der Waals surface area contributed by atoms with E-state index in [4.69, 9.17) is 5.73 Å². The topological polar surface area (TPSA) is 92.9 Å². The molecule has 1 aromatic heterocycles. The molecule has 1 saturated carbocycles. The van der Waals surface area contributed by atoms with Gasteiger partial charge in [0.15, 0.2) is 0 Å². The molecule has 1 aliphatic carbocycles. The Balaban J connectivity index is 1.98. The van der Waals surface area contributed by atoms with Gasteiger partial charge in [0, 0.05) is 18.5 Å². The second-order valence-electron chi connectivity index (χ2n) is 4.99. The third-order valence-electron chi connectivity index (χ3n) is 2.95. The predicted octanol–water partition coefficient (Wildman–Crippen LogP) is 1.09. The molecule has 1 amide bonds. The SMILES string of the molecule is CCCc1nc(N)cc(NC(C)C(=O)NC2CC2)n1. The summed E-state index contributed by atoms with van der Waals surface area (Å²) in [7, 11) is 0. The molecule has 1 aromatic rings. The Bertz CT molecular complexity index is 458. The quantitative estimate of drug-likeness (QED) is 0.714. The molecule has 19 heavy (non-hydrogen) atoms. The summed E-state index contributed by atoms with van der Waals surface area (Å²) in [5.41, 5.74) is 5.74. The van der Waals surface area contributed by atoms with Crippen molar-refractivity contribution < 1.29 is 4.79 Å². The number of hydrogen-bond donors (Lipinski definition) is 3. The van der Waals surface area contributed by atoms with E-state index in [1.54, 1.807) is 6.07 Å². The summed E-state index contributed by atoms with van der Waals surface area (Å²) in [6, 6.07) is 1.69. The number of aromatic nitrogens is 2. The maximum atomic E-state index is 11.8. The average molecular weight is 263 g/mol. The second kappa shape index (κ2) is 5.86. The van der Waals surface area contributed by atoms with E-state index in [1.165, 1.54) is 0 Å². The Kier molecular flexibility index (Phi) is 4.19. The van der Waals surface area contributed by atoms with Gasteiger partial charge in [0.05, 0.1) is 0 Å². The lowest BCUT2D eigenvalue weighted by molar-refractivity contribution is -0.121. The van der Waals surface area contributed by atoms with Gasteiger partial charge in [0.1, 0.15) is 23.5 Å². The molecule has 1 fully saturated rings. The molecule has 4 N–H and O–H groups in total. The van der Waals surface area contributed by atoms with E-state index in [2.05, 4.69) is 27.5 Å². The van der Waals surface area contributed by atoms with Gasteiger partial charge in [-0.15, -0.1) is 0 Å². The Labute approximate surface area is 113 Å². The minimum absolute atomic E-state index is 0.00303. The number of carbonyl (C=O) groups excluding carboxylic acids is 1. The van der Waals surface area contributed by atoms with Crippen LogP contribution in [-0.4, -0.2) is 28.0 Å². The van der Waals surface area contributed by atoms with Gasteiger partial charge in [-0.05, 0) is 26.2 Å². The summed E-state index contributed by atoms with van der Waals surface area (Å²) < 4.78 is 0. The monoisotopic (exact) mass is 263 g/mol. The number of carbonyl (C=O) groups is 1. The van der Waals surface area contributed by atoms with Crippen LogP contribution in [0.3, 0.4) is 0 Å². The van der Waals surface area contributed by atoms with Crippen LogP contribution in [0.15, 0.2) is 6.07 Å². The Morgan fingerprint density at radius 3 is 2.89 bits per heavy atom. The number of anilines is 2. The highest BCUT2D eigenvalue weighted by Gasteiger charge is 2.25. The zero-order chi connectivity index (χ0) is 13.8. The first-order valence-corrected chi connectivity index (χ1v) is 6.79. The molecular weight excluding hydrogens is 242 g/mol. The zero-order valence-corrected chi connectivity index (χ0v) is 11.4. The minimum Gasteiger partial charge on any atom is -0.384 e. The number of nitrogens with two attached hydrogens (primary N) is 1. The average Bonchev–Trinajstić information content (AvgIpc) is 3.12. The minimum atomic E-state index is -0.329. The molecule has 0 saturated heterocycles. The fraction of sp³-hybridized carbons (Fsp3) is 0.615.